The minimum atomic E-state index is -0.423. The molecular formula is C41H48Cl2N2O12. The molecule has 308 valence electrons. The predicted octanol–water partition coefficient (Wildman–Crippen LogP) is 7.21. The van der Waals surface area contributed by atoms with Crippen LogP contribution < -0.4 is 9.47 Å². The monoisotopic (exact) mass is 830 g/mol. The molecule has 0 aliphatic rings. The van der Waals surface area contributed by atoms with Crippen molar-refractivity contribution in [3.05, 3.63) is 85.0 Å². The highest BCUT2D eigenvalue weighted by Gasteiger charge is 2.09. The number of carbonyl (C=O) groups is 6. The first-order valence-corrected chi connectivity index (χ1v) is 18.8. The third kappa shape index (κ3) is 32.4. The lowest BCUT2D eigenvalue weighted by molar-refractivity contribution is -0.143. The number of esters is 4. The lowest BCUT2D eigenvalue weighted by Crippen LogP contribution is -2.09. The van der Waals surface area contributed by atoms with Crippen molar-refractivity contribution in [2.45, 2.75) is 83.5 Å². The minimum Gasteiger partial charge on any atom is -0.461 e. The molecule has 0 atom stereocenters. The zero-order valence-electron chi connectivity index (χ0n) is 31.8. The summed E-state index contributed by atoms with van der Waals surface area (Å²) in [6.45, 7) is 8.17. The van der Waals surface area contributed by atoms with E-state index in [0.717, 1.165) is 11.1 Å². The lowest BCUT2D eigenvalue weighted by atomic mass is 10.1. The number of hydrogen-bond donors (Lipinski definition) is 0. The Balaban J connectivity index is 0.00000143. The second-order valence-electron chi connectivity index (χ2n) is 11.6. The minimum absolute atomic E-state index is 0.201. The van der Waals surface area contributed by atoms with E-state index in [1.54, 1.807) is 24.3 Å². The number of hydrogen-bond acceptors (Lipinski definition) is 14. The van der Waals surface area contributed by atoms with Gasteiger partial charge in [0.25, 0.3) is 0 Å². The van der Waals surface area contributed by atoms with Crippen molar-refractivity contribution in [2.75, 3.05) is 26.3 Å². The van der Waals surface area contributed by atoms with Crippen LogP contribution in [-0.4, -0.2) is 72.8 Å². The Kier molecular flexibility index (Phi) is 31.6. The summed E-state index contributed by atoms with van der Waals surface area (Å²) >= 11 is 9.94. The average molecular weight is 832 g/mol. The molecule has 0 amide bonds. The number of unbranched alkanes of at least 4 members (excludes halogenated alkanes) is 2. The summed E-state index contributed by atoms with van der Waals surface area (Å²) in [4.78, 5) is 92.7. The van der Waals surface area contributed by atoms with Crippen molar-refractivity contribution in [1.82, 2.24) is 0 Å². The van der Waals surface area contributed by atoms with E-state index >= 15 is 0 Å². The molecule has 57 heavy (non-hydrogen) atoms. The van der Waals surface area contributed by atoms with Crippen LogP contribution in [-0.2, 0) is 60.7 Å². The summed E-state index contributed by atoms with van der Waals surface area (Å²) in [5.74, 6) is -0.366. The Labute approximate surface area is 342 Å². The zero-order chi connectivity index (χ0) is 42.5. The molecule has 0 saturated heterocycles. The Morgan fingerprint density at radius 3 is 1.25 bits per heavy atom. The van der Waals surface area contributed by atoms with Gasteiger partial charge in [0.2, 0.25) is 22.6 Å². The van der Waals surface area contributed by atoms with Crippen molar-refractivity contribution in [3.8, 4) is 11.5 Å². The van der Waals surface area contributed by atoms with Crippen molar-refractivity contribution in [1.29, 1.82) is 0 Å². The number of aliphatic imine (C=N–C) groups is 2. The van der Waals surface area contributed by atoms with Crippen LogP contribution in [0.3, 0.4) is 0 Å². The first kappa shape index (κ1) is 51.5. The Morgan fingerprint density at radius 1 is 0.526 bits per heavy atom. The maximum atomic E-state index is 12.1. The smallest absolute Gasteiger partial charge is 0.311 e. The molecule has 0 fully saturated rings. The quantitative estimate of drug-likeness (QED) is 0.0176. The largest absolute Gasteiger partial charge is 0.461 e. The highest BCUT2D eigenvalue weighted by atomic mass is 35.5. The van der Waals surface area contributed by atoms with Gasteiger partial charge in [-0.05, 0) is 97.1 Å². The lowest BCUT2D eigenvalue weighted by Gasteiger charge is -2.07. The van der Waals surface area contributed by atoms with Crippen LogP contribution in [0.15, 0.2) is 83.8 Å². The molecule has 2 aromatic carbocycles. The number of aryl methyl sites for hydroxylation is 2. The normalized spacial score (nSPS) is 9.58. The standard InChI is InChI=1S/C31H36O8.C5H6Cl2O2.C5H6N2O2/c1-3-22-36-28(32)20-14-24-10-16-26(17-11-24)38-30(34)8-6-5-7-9-31(35)39-27-18-12-25(13-19-27)15-21-29(33)37-23-4-2;6-4(8)2-1-3-5(7)9;8-4-6-2-1-3-7-5-9/h3-4,10-13,16-19H,1-2,5-9,14-15,20-23H2;2*1-3H2. The molecule has 0 unspecified atom stereocenters. The van der Waals surface area contributed by atoms with E-state index in [1.807, 2.05) is 24.3 Å². The summed E-state index contributed by atoms with van der Waals surface area (Å²) < 4.78 is 20.6. The number of ether oxygens (including phenoxy) is 4. The van der Waals surface area contributed by atoms with Crippen LogP contribution in [0.25, 0.3) is 0 Å². The van der Waals surface area contributed by atoms with Gasteiger partial charge in [-0.3, -0.25) is 28.8 Å². The maximum Gasteiger partial charge on any atom is 0.311 e. The van der Waals surface area contributed by atoms with Crippen LogP contribution in [0, 0.1) is 0 Å². The number of halogens is 2. The van der Waals surface area contributed by atoms with Gasteiger partial charge in [0.05, 0.1) is 13.1 Å². The number of nitrogens with zero attached hydrogens (tertiary/aromatic N) is 2. The van der Waals surface area contributed by atoms with Gasteiger partial charge in [0.1, 0.15) is 24.7 Å². The van der Waals surface area contributed by atoms with Crippen LogP contribution in [0.2, 0.25) is 0 Å². The molecule has 0 heterocycles. The summed E-state index contributed by atoms with van der Waals surface area (Å²) in [6, 6.07) is 14.0. The molecule has 0 aliphatic carbocycles. The van der Waals surface area contributed by atoms with Gasteiger partial charge < -0.3 is 18.9 Å². The maximum absolute atomic E-state index is 12.1. The van der Waals surface area contributed by atoms with Crippen LogP contribution in [0.4, 0.5) is 0 Å². The van der Waals surface area contributed by atoms with Crippen LogP contribution in [0.1, 0.15) is 81.8 Å². The topological polar surface area (TPSA) is 198 Å². The average Bonchev–Trinajstić information content (AvgIpc) is 3.18. The second-order valence-corrected chi connectivity index (χ2v) is 12.4. The van der Waals surface area contributed by atoms with E-state index in [9.17, 15) is 38.4 Å². The third-order valence-electron chi connectivity index (χ3n) is 6.95. The molecule has 0 N–H and O–H groups in total. The van der Waals surface area contributed by atoms with E-state index in [0.29, 0.717) is 69.5 Å². The molecule has 0 radical (unpaired) electrons. The summed E-state index contributed by atoms with van der Waals surface area (Å²) in [7, 11) is 0. The van der Waals surface area contributed by atoms with Gasteiger partial charge in [0.15, 0.2) is 0 Å². The highest BCUT2D eigenvalue weighted by molar-refractivity contribution is 6.64. The van der Waals surface area contributed by atoms with Crippen LogP contribution >= 0.6 is 23.2 Å². The summed E-state index contributed by atoms with van der Waals surface area (Å²) in [5, 5.41) is -0.846. The zero-order valence-corrected chi connectivity index (χ0v) is 33.3. The van der Waals surface area contributed by atoms with Gasteiger partial charge in [-0.15, -0.1) is 0 Å². The molecule has 0 bridgehead atoms. The van der Waals surface area contributed by atoms with Crippen molar-refractivity contribution < 1.29 is 57.3 Å². The van der Waals surface area contributed by atoms with Crippen LogP contribution in [0.5, 0.6) is 11.5 Å². The molecule has 0 aromatic heterocycles. The number of rotatable bonds is 26. The Hall–Kier alpha value is -5.52. The van der Waals surface area contributed by atoms with Gasteiger partial charge >= 0.3 is 23.9 Å². The fourth-order valence-corrected chi connectivity index (χ4v) is 4.42. The summed E-state index contributed by atoms with van der Waals surface area (Å²) in [5.41, 5.74) is 1.88. The molecular weight excluding hydrogens is 783 g/mol. The second kappa shape index (κ2) is 34.9. The van der Waals surface area contributed by atoms with Gasteiger partial charge in [-0.2, -0.15) is 0 Å². The van der Waals surface area contributed by atoms with E-state index < -0.39 is 10.5 Å². The van der Waals surface area contributed by atoms with E-state index in [2.05, 4.69) is 23.1 Å². The SMILES string of the molecule is C=CCOC(=O)CCc1ccc(OC(=O)CCCCCC(=O)Oc2ccc(CCC(=O)OCC=C)cc2)cc1.O=C(Cl)CCCC(=O)Cl.O=C=NCCCN=C=O. The van der Waals surface area contributed by atoms with Crippen molar-refractivity contribution >= 4 is 69.7 Å². The van der Waals surface area contributed by atoms with Crippen molar-refractivity contribution in [2.24, 2.45) is 9.98 Å². The van der Waals surface area contributed by atoms with Gasteiger partial charge in [0, 0.05) is 38.5 Å². The van der Waals surface area contributed by atoms with Crippen molar-refractivity contribution in [3.63, 3.8) is 0 Å². The number of benzene rings is 2. The molecule has 0 saturated carbocycles. The van der Waals surface area contributed by atoms with E-state index in [-0.39, 0.29) is 75.6 Å². The molecule has 2 rings (SSSR count). The predicted molar refractivity (Wildman–Crippen MR) is 212 cm³/mol. The van der Waals surface area contributed by atoms with E-state index in [1.165, 1.54) is 24.3 Å². The van der Waals surface area contributed by atoms with Gasteiger partial charge in [-0.25, -0.2) is 19.6 Å². The number of isocyanates is 2. The molecule has 14 nitrogen and oxygen atoms in total. The fourth-order valence-electron chi connectivity index (χ4n) is 4.16. The number of carbonyl (C=O) groups excluding carboxylic acids is 8. The Morgan fingerprint density at radius 2 is 0.912 bits per heavy atom. The summed E-state index contributed by atoms with van der Waals surface area (Å²) in [6.07, 6.45) is 11.3. The Bertz CT molecular complexity index is 1530. The molecule has 16 heteroatoms. The molecule has 0 aliphatic heterocycles. The third-order valence-corrected chi connectivity index (χ3v) is 7.33. The first-order valence-electron chi connectivity index (χ1n) is 18.0. The fraction of sp³-hybridized carbons (Fsp3) is 0.415. The molecule has 0 spiro atoms. The molecule has 2 aromatic rings. The van der Waals surface area contributed by atoms with Gasteiger partial charge in [-0.1, -0.05) is 56.0 Å². The highest BCUT2D eigenvalue weighted by Crippen LogP contribution is 2.17. The first-order chi connectivity index (χ1) is 27.4. The van der Waals surface area contributed by atoms with E-state index in [4.69, 9.17) is 42.1 Å².